The summed E-state index contributed by atoms with van der Waals surface area (Å²) >= 11 is 0. The molecule has 0 nitrogen and oxygen atoms in total. The van der Waals surface area contributed by atoms with E-state index in [9.17, 15) is 0 Å². The van der Waals surface area contributed by atoms with E-state index >= 15 is 0 Å². The first-order valence-electron chi connectivity index (χ1n) is 12.0. The zero-order chi connectivity index (χ0) is 23.3. The third kappa shape index (κ3) is 11.1. The fourth-order valence-electron chi connectivity index (χ4n) is 5.60. The fraction of sp³-hybridized carbons (Fsp3) is 0.667. The average Bonchev–Trinajstić information content (AvgIpc) is 2.90. The van der Waals surface area contributed by atoms with Gasteiger partial charge in [-0.15, -0.1) is 19.8 Å². The number of rotatable bonds is 3. The molecular formula is C30H50Re3Rf3-6. The molecule has 5 unspecified atom stereocenters. The van der Waals surface area contributed by atoms with E-state index in [1.54, 1.807) is 0 Å². The molecule has 3 saturated carbocycles. The zero-order valence-electron chi connectivity index (χ0n) is 24.4. The van der Waals surface area contributed by atoms with Gasteiger partial charge in [-0.25, -0.2) is 37.1 Å². The van der Waals surface area contributed by atoms with Crippen LogP contribution in [0.25, 0.3) is 0 Å². The molecule has 203 valence electrons. The average molecular weight is 1770 g/mol. The molecule has 3 fully saturated rings. The molecule has 0 heterocycles. The third-order valence-electron chi connectivity index (χ3n) is 8.51. The molecule has 36 heavy (non-hydrogen) atoms. The summed E-state index contributed by atoms with van der Waals surface area (Å²) in [6.45, 7) is 37.6. The Labute approximate surface area is 250 Å². The summed E-state index contributed by atoms with van der Waals surface area (Å²) in [7, 11) is 0. The molecule has 0 aromatic carbocycles. The standard InChI is InChI=1S/C10H16.C10H18.C10H16.3Re.3Rf/c1-7-5-6-8-9(2,3)10(7,8)4;1-8-6-5-7-10(3,4)9(8)2;1-5-10(4)8-6-7-9(2)3;;;;;;/h7-8H,2,4-6H2,1,3H3;8-9H,2-3,5-7H2,1,4H3;5,7H,1-2,6,8H2,3-4H3;;;;;;/q3*-2;;;;;;/b;;9-7-,10-5+;;;;;;/t7?,8-,9?,10-;;;;;;;;/m0......../s1. The van der Waals surface area contributed by atoms with E-state index in [2.05, 4.69) is 82.2 Å². The van der Waals surface area contributed by atoms with Gasteiger partial charge in [-0.3, -0.25) is 0 Å². The Morgan fingerprint density at radius 2 is 1.42 bits per heavy atom. The number of hydrogen-bond donors (Lipinski definition) is 0. The van der Waals surface area contributed by atoms with Gasteiger partial charge >= 0.3 is 0 Å². The number of fused-ring (bicyclic) bond motifs is 1. The molecule has 0 bridgehead atoms. The quantitative estimate of drug-likeness (QED) is 0.248. The normalized spacial score (nSPS) is 35.8. The van der Waals surface area contributed by atoms with E-state index in [0.29, 0.717) is 16.7 Å². The Morgan fingerprint density at radius 1 is 0.917 bits per heavy atom. The zero-order valence-corrected chi connectivity index (χ0v) is 51.8. The first-order chi connectivity index (χ1) is 13.7. The van der Waals surface area contributed by atoms with Crippen molar-refractivity contribution in [3.63, 3.8) is 0 Å². The minimum absolute atomic E-state index is 0. The van der Waals surface area contributed by atoms with Crippen molar-refractivity contribution >= 4 is 0 Å². The van der Waals surface area contributed by atoms with Crippen LogP contribution in [0.5, 0.6) is 0 Å². The van der Waals surface area contributed by atoms with Crippen molar-refractivity contribution in [3.8, 4) is 0 Å². The summed E-state index contributed by atoms with van der Waals surface area (Å²) < 4.78 is 0. The maximum Gasteiger partial charge on any atom is 0 e. The van der Waals surface area contributed by atoms with Crippen molar-refractivity contribution in [1.29, 1.82) is 0 Å². The summed E-state index contributed by atoms with van der Waals surface area (Å²) in [4.78, 5) is 0. The summed E-state index contributed by atoms with van der Waals surface area (Å²) in [5.74, 6) is 2.97. The van der Waals surface area contributed by atoms with Gasteiger partial charge in [0.25, 0.3) is 0 Å². The summed E-state index contributed by atoms with van der Waals surface area (Å²) in [6.07, 6.45) is 12.9. The molecule has 7 atom stereocenters. The van der Waals surface area contributed by atoms with E-state index in [0.717, 1.165) is 36.2 Å². The maximum atomic E-state index is 4.31. The van der Waals surface area contributed by atoms with Gasteiger partial charge in [0.2, 0.25) is 0 Å². The molecule has 0 aliphatic heterocycles. The second-order valence-electron chi connectivity index (χ2n) is 11.3. The van der Waals surface area contributed by atoms with Crippen LogP contribution >= 0.6 is 0 Å². The molecule has 0 spiro atoms. The van der Waals surface area contributed by atoms with Crippen LogP contribution in [0.3, 0.4) is 0 Å². The molecule has 0 aromatic heterocycles. The van der Waals surface area contributed by atoms with Gasteiger partial charge < -0.3 is 27.7 Å². The monoisotopic (exact) mass is 1770 g/mol. The summed E-state index contributed by atoms with van der Waals surface area (Å²) in [5, 5.41) is 0. The molecule has 3 aliphatic rings. The number of hydrogen-bond acceptors (Lipinski definition) is 0. The van der Waals surface area contributed by atoms with E-state index in [4.69, 9.17) is 0 Å². The minimum atomic E-state index is 0. The van der Waals surface area contributed by atoms with Crippen LogP contribution in [0.2, 0.25) is 0 Å². The van der Waals surface area contributed by atoms with Crippen LogP contribution in [-0.4, -0.2) is 0 Å². The first kappa shape index (κ1) is 47.4. The SMILES string of the molecule is [CH2-]/C=C(\C)CC/C=C(/[CH2-])C.[CH2-]C1(C)[C@@H]2CCC(C)[C@@]21[CH2-].[CH2-]C1C(C)CCCC1([CH2-])C.[Re].[Re].[Re].[Rf].[Rf].[Rf]. The van der Waals surface area contributed by atoms with Crippen LogP contribution in [0.15, 0.2) is 23.3 Å². The topological polar surface area (TPSA) is 0 Å². The maximum absolute atomic E-state index is 4.31. The summed E-state index contributed by atoms with van der Waals surface area (Å²) in [5.41, 5.74) is 3.41. The molecule has 3 aliphatic carbocycles. The molecule has 0 saturated heterocycles. The smallest absolute Gasteiger partial charge is 0 e. The largest absolute Gasteiger partial charge is 0.342 e. The van der Waals surface area contributed by atoms with Gasteiger partial charge in [-0.1, -0.05) is 84.5 Å². The molecule has 0 N–H and O–H groups in total. The van der Waals surface area contributed by atoms with Crippen LogP contribution in [0.4, 0.5) is 0 Å². The predicted molar refractivity (Wildman–Crippen MR) is 136 cm³/mol. The van der Waals surface area contributed by atoms with Crippen LogP contribution in [0.1, 0.15) is 86.5 Å². The second kappa shape index (κ2) is 18.5. The Balaban J connectivity index is -0.0000000865. The van der Waals surface area contributed by atoms with Crippen LogP contribution in [0, 0.1) is 81.5 Å². The van der Waals surface area contributed by atoms with Crippen LogP contribution < -0.4 is 0 Å². The minimum Gasteiger partial charge on any atom is -0.342 e. The third-order valence-corrected chi connectivity index (χ3v) is 8.51. The van der Waals surface area contributed by atoms with Gasteiger partial charge in [0.05, 0.1) is 0 Å². The Bertz CT molecular complexity index is 607. The van der Waals surface area contributed by atoms with E-state index in [1.807, 2.05) is 13.0 Å². The van der Waals surface area contributed by atoms with Gasteiger partial charge in [0.15, 0.2) is 0 Å². The van der Waals surface area contributed by atoms with Crippen molar-refractivity contribution in [1.82, 2.24) is 0 Å². The van der Waals surface area contributed by atoms with Gasteiger partial charge in [-0.05, 0) is 0 Å². The molecule has 6 heteroatoms. The van der Waals surface area contributed by atoms with Gasteiger partial charge in [0, 0.05) is 61.3 Å². The second-order valence-corrected chi connectivity index (χ2v) is 11.3. The van der Waals surface area contributed by atoms with Gasteiger partial charge in [-0.2, -0.15) is 22.2 Å². The van der Waals surface area contributed by atoms with Crippen molar-refractivity contribution < 1.29 is 61.3 Å². The van der Waals surface area contributed by atoms with Crippen molar-refractivity contribution in [2.45, 2.75) is 86.5 Å². The number of allylic oxidation sites excluding steroid dienone is 4. The van der Waals surface area contributed by atoms with Crippen molar-refractivity contribution in [2.24, 2.45) is 39.9 Å². The first-order valence-corrected chi connectivity index (χ1v) is 12.0. The van der Waals surface area contributed by atoms with Crippen molar-refractivity contribution in [3.05, 3.63) is 64.8 Å². The predicted octanol–water partition coefficient (Wildman–Crippen LogP) is 9.12. The fourth-order valence-corrected chi connectivity index (χ4v) is 5.60. The van der Waals surface area contributed by atoms with Crippen molar-refractivity contribution in [2.75, 3.05) is 0 Å². The van der Waals surface area contributed by atoms with Crippen LogP contribution in [-0.2, 0) is 61.3 Å². The van der Waals surface area contributed by atoms with E-state index < -0.39 is 0 Å². The van der Waals surface area contributed by atoms with E-state index in [1.165, 1.54) is 37.7 Å². The Kier molecular flexibility index (Phi) is 24.3. The molecule has 3 radical (unpaired) electrons. The Morgan fingerprint density at radius 3 is 1.69 bits per heavy atom. The summed E-state index contributed by atoms with van der Waals surface area (Å²) in [6, 6.07) is 0. The molecule has 3 rings (SSSR count). The Hall–Kier alpha value is -1.79. The molecule has 0 aromatic rings. The van der Waals surface area contributed by atoms with E-state index in [-0.39, 0.29) is 66.7 Å². The molecule has 0 amide bonds. The van der Waals surface area contributed by atoms with Gasteiger partial charge in [0.1, 0.15) is 0 Å². The molecular weight excluding hydrogens is 1720 g/mol.